The van der Waals surface area contributed by atoms with Crippen molar-refractivity contribution in [2.45, 2.75) is 19.6 Å². The van der Waals surface area contributed by atoms with Crippen molar-refractivity contribution in [2.75, 3.05) is 31.7 Å². The average molecular weight is 451 g/mol. The highest BCUT2D eigenvalue weighted by Gasteiger charge is 2.11. The van der Waals surface area contributed by atoms with Gasteiger partial charge < -0.3 is 30.0 Å². The second-order valence-corrected chi connectivity index (χ2v) is 7.33. The molecule has 0 spiro atoms. The molecule has 3 N–H and O–H groups in total. The van der Waals surface area contributed by atoms with Gasteiger partial charge in [-0.3, -0.25) is 4.79 Å². The van der Waals surface area contributed by atoms with E-state index in [0.29, 0.717) is 36.9 Å². The standard InChI is InChI=1S/C26H30N2O5/c1-2-31-25-15-20(16-27-17-22(29)18-32-23-11-7-4-8-12-23)13-14-24(25)33-19-26(30)28-21-9-5-3-6-10-21/h3-15,22,27,29H,2,16-19H2,1H3,(H,28,30). The topological polar surface area (TPSA) is 89.1 Å². The predicted molar refractivity (Wildman–Crippen MR) is 128 cm³/mol. The van der Waals surface area contributed by atoms with Crippen molar-refractivity contribution < 1.29 is 24.1 Å². The minimum Gasteiger partial charge on any atom is -0.491 e. The minimum absolute atomic E-state index is 0.125. The summed E-state index contributed by atoms with van der Waals surface area (Å²) in [6.45, 7) is 3.37. The molecule has 0 radical (unpaired) electrons. The summed E-state index contributed by atoms with van der Waals surface area (Å²) < 4.78 is 16.9. The van der Waals surface area contributed by atoms with Gasteiger partial charge in [-0.05, 0) is 48.9 Å². The maximum atomic E-state index is 12.2. The molecule has 3 aromatic rings. The summed E-state index contributed by atoms with van der Waals surface area (Å²) in [4.78, 5) is 12.2. The van der Waals surface area contributed by atoms with Gasteiger partial charge in [-0.15, -0.1) is 0 Å². The van der Waals surface area contributed by atoms with Crippen molar-refractivity contribution in [3.63, 3.8) is 0 Å². The number of amides is 1. The zero-order valence-corrected chi connectivity index (χ0v) is 18.7. The van der Waals surface area contributed by atoms with Crippen LogP contribution in [0.3, 0.4) is 0 Å². The zero-order valence-electron chi connectivity index (χ0n) is 18.7. The van der Waals surface area contributed by atoms with Crippen LogP contribution in [0, 0.1) is 0 Å². The molecule has 0 aliphatic carbocycles. The van der Waals surface area contributed by atoms with Crippen molar-refractivity contribution in [2.24, 2.45) is 0 Å². The Morgan fingerprint density at radius 2 is 1.64 bits per heavy atom. The van der Waals surface area contributed by atoms with Crippen LogP contribution in [0.25, 0.3) is 0 Å². The summed E-state index contributed by atoms with van der Waals surface area (Å²) in [6, 6.07) is 24.2. The molecule has 1 amide bonds. The summed E-state index contributed by atoms with van der Waals surface area (Å²) in [7, 11) is 0. The number of aliphatic hydroxyl groups excluding tert-OH is 1. The Bertz CT molecular complexity index is 982. The first-order valence-electron chi connectivity index (χ1n) is 10.9. The number of benzene rings is 3. The molecule has 3 rings (SSSR count). The van der Waals surface area contributed by atoms with Gasteiger partial charge in [-0.25, -0.2) is 0 Å². The molecule has 33 heavy (non-hydrogen) atoms. The number of anilines is 1. The molecule has 0 saturated carbocycles. The summed E-state index contributed by atoms with van der Waals surface area (Å²) >= 11 is 0. The fraction of sp³-hybridized carbons (Fsp3) is 0.269. The molecule has 1 atom stereocenters. The summed E-state index contributed by atoms with van der Waals surface area (Å²) in [5.41, 5.74) is 1.68. The normalized spacial score (nSPS) is 11.5. The van der Waals surface area contributed by atoms with E-state index < -0.39 is 6.10 Å². The number of rotatable bonds is 13. The van der Waals surface area contributed by atoms with Crippen LogP contribution in [0.15, 0.2) is 78.9 Å². The van der Waals surface area contributed by atoms with Gasteiger partial charge in [0, 0.05) is 18.8 Å². The monoisotopic (exact) mass is 450 g/mol. The van der Waals surface area contributed by atoms with Crippen LogP contribution in [0.1, 0.15) is 12.5 Å². The first-order valence-corrected chi connectivity index (χ1v) is 10.9. The van der Waals surface area contributed by atoms with Crippen LogP contribution < -0.4 is 24.8 Å². The third-order valence-electron chi connectivity index (χ3n) is 4.62. The van der Waals surface area contributed by atoms with Gasteiger partial charge >= 0.3 is 0 Å². The second kappa shape index (κ2) is 13.1. The third kappa shape index (κ3) is 8.48. The highest BCUT2D eigenvalue weighted by molar-refractivity contribution is 5.91. The average Bonchev–Trinajstić information content (AvgIpc) is 2.84. The van der Waals surface area contributed by atoms with Crippen LogP contribution in [0.5, 0.6) is 17.2 Å². The predicted octanol–water partition coefficient (Wildman–Crippen LogP) is 3.63. The maximum Gasteiger partial charge on any atom is 0.262 e. The smallest absolute Gasteiger partial charge is 0.262 e. The zero-order chi connectivity index (χ0) is 23.3. The first kappa shape index (κ1) is 24.1. The van der Waals surface area contributed by atoms with Gasteiger partial charge in [0.25, 0.3) is 5.91 Å². The molecule has 0 saturated heterocycles. The molecule has 0 heterocycles. The van der Waals surface area contributed by atoms with Gasteiger partial charge in [0.05, 0.1) is 6.61 Å². The van der Waals surface area contributed by atoms with Crippen LogP contribution in [-0.4, -0.2) is 43.5 Å². The molecule has 0 aliphatic heterocycles. The lowest BCUT2D eigenvalue weighted by Crippen LogP contribution is -2.31. The van der Waals surface area contributed by atoms with Crippen LogP contribution >= 0.6 is 0 Å². The van der Waals surface area contributed by atoms with Gasteiger partial charge in [-0.2, -0.15) is 0 Å². The number of para-hydroxylation sites is 2. The number of nitrogens with one attached hydrogen (secondary N) is 2. The molecule has 7 nitrogen and oxygen atoms in total. The Morgan fingerprint density at radius 3 is 2.36 bits per heavy atom. The van der Waals surface area contributed by atoms with Gasteiger partial charge in [0.1, 0.15) is 18.5 Å². The molecule has 1 unspecified atom stereocenters. The molecule has 174 valence electrons. The van der Waals surface area contributed by atoms with Crippen LogP contribution in [-0.2, 0) is 11.3 Å². The van der Waals surface area contributed by atoms with E-state index in [9.17, 15) is 9.90 Å². The van der Waals surface area contributed by atoms with Crippen molar-refractivity contribution in [3.05, 3.63) is 84.4 Å². The summed E-state index contributed by atoms with van der Waals surface area (Å²) in [6.07, 6.45) is -0.637. The Morgan fingerprint density at radius 1 is 0.909 bits per heavy atom. The largest absolute Gasteiger partial charge is 0.491 e. The Kier molecular flexibility index (Phi) is 9.57. The lowest BCUT2D eigenvalue weighted by molar-refractivity contribution is -0.118. The molecular weight excluding hydrogens is 420 g/mol. The molecular formula is C26H30N2O5. The van der Waals surface area contributed by atoms with E-state index in [1.807, 2.05) is 79.7 Å². The van der Waals surface area contributed by atoms with E-state index >= 15 is 0 Å². The minimum atomic E-state index is -0.637. The Labute approximate surface area is 194 Å². The van der Waals surface area contributed by atoms with Gasteiger partial charge in [-0.1, -0.05) is 42.5 Å². The lowest BCUT2D eigenvalue weighted by atomic mass is 10.2. The summed E-state index contributed by atoms with van der Waals surface area (Å²) in [5.74, 6) is 1.55. The molecule has 7 heteroatoms. The number of carbonyl (C=O) groups excluding carboxylic acids is 1. The number of carbonyl (C=O) groups is 1. The lowest BCUT2D eigenvalue weighted by Gasteiger charge is -2.15. The SMILES string of the molecule is CCOc1cc(CNCC(O)COc2ccccc2)ccc1OCC(=O)Nc1ccccc1. The molecule has 0 fully saturated rings. The Balaban J connectivity index is 1.45. The maximum absolute atomic E-state index is 12.2. The van der Waals surface area contributed by atoms with Crippen molar-refractivity contribution >= 4 is 11.6 Å². The molecule has 0 aromatic heterocycles. The highest BCUT2D eigenvalue weighted by atomic mass is 16.5. The fourth-order valence-corrected chi connectivity index (χ4v) is 3.06. The summed E-state index contributed by atoms with van der Waals surface area (Å²) in [5, 5.41) is 16.1. The van der Waals surface area contributed by atoms with Crippen LogP contribution in [0.2, 0.25) is 0 Å². The quantitative estimate of drug-likeness (QED) is 0.369. The van der Waals surface area contributed by atoms with E-state index in [-0.39, 0.29) is 19.1 Å². The highest BCUT2D eigenvalue weighted by Crippen LogP contribution is 2.28. The number of aliphatic hydroxyl groups is 1. The van der Waals surface area contributed by atoms with Crippen LogP contribution in [0.4, 0.5) is 5.69 Å². The van der Waals surface area contributed by atoms with Crippen molar-refractivity contribution in [3.8, 4) is 17.2 Å². The van der Waals surface area contributed by atoms with Crippen molar-refractivity contribution in [1.82, 2.24) is 5.32 Å². The fourth-order valence-electron chi connectivity index (χ4n) is 3.06. The third-order valence-corrected chi connectivity index (χ3v) is 4.62. The van der Waals surface area contributed by atoms with Gasteiger partial charge in [0.15, 0.2) is 18.1 Å². The first-order chi connectivity index (χ1) is 16.1. The van der Waals surface area contributed by atoms with Gasteiger partial charge in [0.2, 0.25) is 0 Å². The van der Waals surface area contributed by atoms with E-state index in [4.69, 9.17) is 14.2 Å². The number of hydrogen-bond acceptors (Lipinski definition) is 6. The van der Waals surface area contributed by atoms with E-state index in [0.717, 1.165) is 11.3 Å². The number of ether oxygens (including phenoxy) is 3. The van der Waals surface area contributed by atoms with Crippen molar-refractivity contribution in [1.29, 1.82) is 0 Å². The second-order valence-electron chi connectivity index (χ2n) is 7.33. The molecule has 0 aliphatic rings. The Hall–Kier alpha value is -3.55. The van der Waals surface area contributed by atoms with E-state index in [1.54, 1.807) is 6.07 Å². The van der Waals surface area contributed by atoms with E-state index in [2.05, 4.69) is 10.6 Å². The molecule has 3 aromatic carbocycles. The number of hydrogen-bond donors (Lipinski definition) is 3. The molecule has 0 bridgehead atoms. The van der Waals surface area contributed by atoms with E-state index in [1.165, 1.54) is 0 Å².